The van der Waals surface area contributed by atoms with Crippen LogP contribution < -0.4 is 4.90 Å². The van der Waals surface area contributed by atoms with Crippen molar-refractivity contribution in [2.45, 2.75) is 25.8 Å². The van der Waals surface area contributed by atoms with Crippen LogP contribution in [0.15, 0.2) is 0 Å². The van der Waals surface area contributed by atoms with Gasteiger partial charge in [0.05, 0.1) is 6.61 Å². The summed E-state index contributed by atoms with van der Waals surface area (Å²) in [5.74, 6) is -5.93. The Kier molecular flexibility index (Phi) is 4.47. The molecule has 0 aliphatic heterocycles. The van der Waals surface area contributed by atoms with Crippen LogP contribution >= 0.6 is 0 Å². The number of anilines is 1. The van der Waals surface area contributed by atoms with Crippen molar-refractivity contribution in [3.63, 3.8) is 0 Å². The molecule has 1 unspecified atom stereocenters. The second-order valence-electron chi connectivity index (χ2n) is 4.93. The second-order valence-corrected chi connectivity index (χ2v) is 4.93. The minimum atomic E-state index is -1.63. The Morgan fingerprint density at radius 3 is 2.20 bits per heavy atom. The fraction of sp³-hybridized carbons (Fsp3) is 0.615. The summed E-state index contributed by atoms with van der Waals surface area (Å²) < 4.78 is 59.0. The summed E-state index contributed by atoms with van der Waals surface area (Å²) in [7, 11) is 1.44. The summed E-state index contributed by atoms with van der Waals surface area (Å²) in [4.78, 5) is 3.89. The lowest BCUT2D eigenvalue weighted by molar-refractivity contribution is 0.202. The molecule has 1 aromatic rings. The molecule has 1 atom stereocenters. The van der Waals surface area contributed by atoms with Crippen LogP contribution in [-0.4, -0.2) is 31.3 Å². The summed E-state index contributed by atoms with van der Waals surface area (Å²) in [5.41, 5.74) is -0.702. The molecule has 3 nitrogen and oxygen atoms in total. The van der Waals surface area contributed by atoms with Crippen molar-refractivity contribution < 1.29 is 22.3 Å². The second kappa shape index (κ2) is 5.95. The van der Waals surface area contributed by atoms with E-state index >= 15 is 0 Å². The zero-order chi connectivity index (χ0) is 14.9. The fourth-order valence-electron chi connectivity index (χ4n) is 2.27. The zero-order valence-electron chi connectivity index (χ0n) is 11.3. The van der Waals surface area contributed by atoms with Crippen molar-refractivity contribution in [1.82, 2.24) is 4.98 Å². The van der Waals surface area contributed by atoms with Crippen LogP contribution in [0.4, 0.5) is 23.2 Å². The molecule has 7 heteroatoms. The third-order valence-electron chi connectivity index (χ3n) is 3.59. The number of methoxy groups -OCH3 is 1. The SMILES string of the molecule is COCCN(c1c(F)c(F)nc(F)c1F)C(C)C1CC1. The molecule has 1 aliphatic rings. The van der Waals surface area contributed by atoms with E-state index in [4.69, 9.17) is 4.74 Å². The van der Waals surface area contributed by atoms with E-state index in [0.29, 0.717) is 0 Å². The predicted molar refractivity (Wildman–Crippen MR) is 65.5 cm³/mol. The largest absolute Gasteiger partial charge is 0.383 e. The fourth-order valence-corrected chi connectivity index (χ4v) is 2.27. The summed E-state index contributed by atoms with van der Waals surface area (Å²) in [5, 5.41) is 0. The lowest BCUT2D eigenvalue weighted by atomic mass is 10.1. The van der Waals surface area contributed by atoms with Crippen LogP contribution in [0.3, 0.4) is 0 Å². The Morgan fingerprint density at radius 1 is 1.20 bits per heavy atom. The Balaban J connectivity index is 2.41. The first-order chi connectivity index (χ1) is 9.47. The van der Waals surface area contributed by atoms with Crippen molar-refractivity contribution in [2.24, 2.45) is 5.92 Å². The van der Waals surface area contributed by atoms with Crippen LogP contribution in [0, 0.1) is 29.4 Å². The van der Waals surface area contributed by atoms with Gasteiger partial charge >= 0.3 is 0 Å². The molecule has 1 saturated carbocycles. The van der Waals surface area contributed by atoms with Gasteiger partial charge < -0.3 is 9.64 Å². The van der Waals surface area contributed by atoms with Gasteiger partial charge in [-0.1, -0.05) is 0 Å². The van der Waals surface area contributed by atoms with Gasteiger partial charge in [0, 0.05) is 19.7 Å². The van der Waals surface area contributed by atoms with Gasteiger partial charge in [-0.25, -0.2) is 0 Å². The van der Waals surface area contributed by atoms with Crippen molar-refractivity contribution >= 4 is 5.69 Å². The number of rotatable bonds is 6. The van der Waals surface area contributed by atoms with Gasteiger partial charge in [-0.05, 0) is 25.7 Å². The maximum atomic E-state index is 13.8. The molecule has 20 heavy (non-hydrogen) atoms. The van der Waals surface area contributed by atoms with Gasteiger partial charge in [-0.3, -0.25) is 0 Å². The molecule has 1 aliphatic carbocycles. The summed E-state index contributed by atoms with van der Waals surface area (Å²) >= 11 is 0. The highest BCUT2D eigenvalue weighted by atomic mass is 19.2. The van der Waals surface area contributed by atoms with Crippen LogP contribution in [0.5, 0.6) is 0 Å². The number of hydrogen-bond donors (Lipinski definition) is 0. The van der Waals surface area contributed by atoms with Crippen molar-refractivity contribution in [2.75, 3.05) is 25.2 Å². The lowest BCUT2D eigenvalue weighted by Gasteiger charge is -2.31. The highest BCUT2D eigenvalue weighted by Crippen LogP contribution is 2.38. The molecule has 0 bridgehead atoms. The minimum Gasteiger partial charge on any atom is -0.383 e. The normalized spacial score (nSPS) is 16.3. The Morgan fingerprint density at radius 2 is 1.75 bits per heavy atom. The van der Waals surface area contributed by atoms with E-state index in [1.165, 1.54) is 12.0 Å². The molecule has 1 fully saturated rings. The highest BCUT2D eigenvalue weighted by molar-refractivity contribution is 5.49. The van der Waals surface area contributed by atoms with Crippen LogP contribution in [-0.2, 0) is 4.74 Å². The molecule has 0 aromatic carbocycles. The van der Waals surface area contributed by atoms with Crippen LogP contribution in [0.25, 0.3) is 0 Å². The third-order valence-corrected chi connectivity index (χ3v) is 3.59. The minimum absolute atomic E-state index is 0.144. The first-order valence-electron chi connectivity index (χ1n) is 6.43. The van der Waals surface area contributed by atoms with E-state index in [1.54, 1.807) is 6.92 Å². The van der Waals surface area contributed by atoms with Gasteiger partial charge in [0.2, 0.25) is 11.6 Å². The van der Waals surface area contributed by atoms with E-state index in [-0.39, 0.29) is 25.1 Å². The molecule has 0 saturated heterocycles. The molecule has 2 rings (SSSR count). The number of halogens is 4. The van der Waals surface area contributed by atoms with Gasteiger partial charge in [0.1, 0.15) is 5.69 Å². The first-order valence-corrected chi connectivity index (χ1v) is 6.43. The molecule has 1 aromatic heterocycles. The van der Waals surface area contributed by atoms with Gasteiger partial charge in [-0.15, -0.1) is 0 Å². The van der Waals surface area contributed by atoms with Crippen LogP contribution in [0.1, 0.15) is 19.8 Å². The molecule has 112 valence electrons. The van der Waals surface area contributed by atoms with Gasteiger partial charge in [0.15, 0.2) is 0 Å². The molecule has 0 radical (unpaired) electrons. The maximum absolute atomic E-state index is 13.8. The molecular formula is C13H16F4N2O. The number of aromatic nitrogens is 1. The van der Waals surface area contributed by atoms with Crippen molar-refractivity contribution in [3.05, 3.63) is 23.5 Å². The molecule has 0 amide bonds. The Hall–Kier alpha value is -1.37. The van der Waals surface area contributed by atoms with Crippen molar-refractivity contribution in [3.8, 4) is 0 Å². The van der Waals surface area contributed by atoms with E-state index in [1.807, 2.05) is 0 Å². The molecule has 0 spiro atoms. The van der Waals surface area contributed by atoms with Gasteiger partial charge in [0.25, 0.3) is 11.9 Å². The molecular weight excluding hydrogens is 276 g/mol. The average molecular weight is 292 g/mol. The molecule has 1 heterocycles. The smallest absolute Gasteiger partial charge is 0.253 e. The first kappa shape index (κ1) is 15.0. The number of ether oxygens (including phenoxy) is 1. The Bertz CT molecular complexity index is 467. The summed E-state index contributed by atoms with van der Waals surface area (Å²) in [6, 6.07) is -0.227. The van der Waals surface area contributed by atoms with Gasteiger partial charge in [-0.2, -0.15) is 22.5 Å². The standard InChI is InChI=1S/C13H16F4N2O/c1-7(8-3-4-8)19(5-6-20-2)11-9(14)12(16)18-13(17)10(11)15/h7-8H,3-6H2,1-2H3. The van der Waals surface area contributed by atoms with E-state index < -0.39 is 29.2 Å². The zero-order valence-corrected chi connectivity index (χ0v) is 11.3. The third kappa shape index (κ3) is 2.87. The summed E-state index contributed by atoms with van der Waals surface area (Å²) in [6.45, 7) is 2.12. The number of pyridine rings is 1. The van der Waals surface area contributed by atoms with Crippen molar-refractivity contribution in [1.29, 1.82) is 0 Å². The highest BCUT2D eigenvalue weighted by Gasteiger charge is 2.35. The maximum Gasteiger partial charge on any atom is 0.253 e. The number of nitrogens with zero attached hydrogens (tertiary/aromatic N) is 2. The molecule has 0 N–H and O–H groups in total. The van der Waals surface area contributed by atoms with Crippen LogP contribution in [0.2, 0.25) is 0 Å². The monoisotopic (exact) mass is 292 g/mol. The summed E-state index contributed by atoms with van der Waals surface area (Å²) in [6.07, 6.45) is 1.87. The van der Waals surface area contributed by atoms with E-state index in [0.717, 1.165) is 12.8 Å². The number of hydrogen-bond acceptors (Lipinski definition) is 3. The van der Waals surface area contributed by atoms with E-state index in [9.17, 15) is 17.6 Å². The quantitative estimate of drug-likeness (QED) is 0.595. The topological polar surface area (TPSA) is 25.4 Å². The lowest BCUT2D eigenvalue weighted by Crippen LogP contribution is -2.39. The van der Waals surface area contributed by atoms with E-state index in [2.05, 4.69) is 4.98 Å². The average Bonchev–Trinajstić information content (AvgIpc) is 3.24. The predicted octanol–water partition coefficient (Wildman–Crippen LogP) is 2.89. The Labute approximate surface area is 114 Å².